The Labute approximate surface area is 154 Å². The van der Waals surface area contributed by atoms with Crippen LogP contribution in [0, 0.1) is 5.92 Å². The highest BCUT2D eigenvalue weighted by atomic mass is 15.0. The quantitative estimate of drug-likeness (QED) is 0.420. The Balaban J connectivity index is 1.70. The molecule has 2 aromatic heterocycles. The van der Waals surface area contributed by atoms with Crippen molar-refractivity contribution in [2.24, 2.45) is 5.92 Å². The van der Waals surface area contributed by atoms with Crippen LogP contribution in [0.3, 0.4) is 0 Å². The van der Waals surface area contributed by atoms with Crippen LogP contribution in [-0.4, -0.2) is 9.55 Å². The van der Waals surface area contributed by atoms with Crippen molar-refractivity contribution in [1.29, 1.82) is 0 Å². The van der Waals surface area contributed by atoms with Gasteiger partial charge in [0.15, 0.2) is 0 Å². The lowest BCUT2D eigenvalue weighted by atomic mass is 9.89. The standard InChI is InChI=1S/C24H24N2/c1-2-7-18(8-3-1)17-26-23-12-5-4-9-19(23)15-24(26)22-11-6-10-20-16-25-14-13-21(20)22/h4-6,9-16,18H,1-3,7-8,17H2. The lowest BCUT2D eigenvalue weighted by Crippen LogP contribution is -2.14. The highest BCUT2D eigenvalue weighted by molar-refractivity contribution is 5.98. The summed E-state index contributed by atoms with van der Waals surface area (Å²) in [6, 6.07) is 19.9. The molecule has 0 radical (unpaired) electrons. The summed E-state index contributed by atoms with van der Waals surface area (Å²) in [6.07, 6.45) is 10.8. The maximum atomic E-state index is 4.30. The molecule has 0 aliphatic heterocycles. The third-order valence-electron chi connectivity index (χ3n) is 5.93. The van der Waals surface area contributed by atoms with E-state index in [9.17, 15) is 0 Å². The molecule has 0 saturated heterocycles. The summed E-state index contributed by atoms with van der Waals surface area (Å²) in [4.78, 5) is 4.30. The van der Waals surface area contributed by atoms with Crippen LogP contribution >= 0.6 is 0 Å². The number of fused-ring (bicyclic) bond motifs is 2. The van der Waals surface area contributed by atoms with Crippen molar-refractivity contribution >= 4 is 21.7 Å². The predicted molar refractivity (Wildman–Crippen MR) is 109 cm³/mol. The average molecular weight is 340 g/mol. The predicted octanol–water partition coefficient (Wildman–Crippen LogP) is 6.44. The summed E-state index contributed by atoms with van der Waals surface area (Å²) in [7, 11) is 0. The molecular formula is C24H24N2. The smallest absolute Gasteiger partial charge is 0.0497 e. The van der Waals surface area contributed by atoms with Crippen LogP contribution in [-0.2, 0) is 6.54 Å². The minimum absolute atomic E-state index is 0.801. The zero-order valence-electron chi connectivity index (χ0n) is 15.1. The molecule has 130 valence electrons. The summed E-state index contributed by atoms with van der Waals surface area (Å²) in [6.45, 7) is 1.13. The van der Waals surface area contributed by atoms with Gasteiger partial charge in [-0.25, -0.2) is 0 Å². The van der Waals surface area contributed by atoms with Gasteiger partial charge in [-0.05, 0) is 42.3 Å². The topological polar surface area (TPSA) is 17.8 Å². The number of rotatable bonds is 3. The lowest BCUT2D eigenvalue weighted by Gasteiger charge is -2.24. The minimum atomic E-state index is 0.801. The Kier molecular flexibility index (Phi) is 3.97. The second-order valence-corrected chi connectivity index (χ2v) is 7.61. The fourth-order valence-corrected chi connectivity index (χ4v) is 4.60. The Bertz CT molecular complexity index is 1050. The lowest BCUT2D eigenvalue weighted by molar-refractivity contribution is 0.323. The van der Waals surface area contributed by atoms with Gasteiger partial charge in [-0.3, -0.25) is 4.98 Å². The molecule has 1 fully saturated rings. The summed E-state index contributed by atoms with van der Waals surface area (Å²) in [5.74, 6) is 0.801. The van der Waals surface area contributed by atoms with Gasteiger partial charge in [-0.15, -0.1) is 0 Å². The molecule has 0 bridgehead atoms. The van der Waals surface area contributed by atoms with Gasteiger partial charge in [0.2, 0.25) is 0 Å². The molecule has 2 aromatic carbocycles. The largest absolute Gasteiger partial charge is 0.340 e. The minimum Gasteiger partial charge on any atom is -0.340 e. The van der Waals surface area contributed by atoms with E-state index in [0.717, 1.165) is 12.5 Å². The molecule has 0 N–H and O–H groups in total. The van der Waals surface area contributed by atoms with Crippen molar-refractivity contribution in [3.05, 3.63) is 67.0 Å². The molecule has 26 heavy (non-hydrogen) atoms. The van der Waals surface area contributed by atoms with Crippen molar-refractivity contribution in [2.75, 3.05) is 0 Å². The van der Waals surface area contributed by atoms with Crippen molar-refractivity contribution in [1.82, 2.24) is 9.55 Å². The second-order valence-electron chi connectivity index (χ2n) is 7.61. The van der Waals surface area contributed by atoms with E-state index in [1.807, 2.05) is 12.4 Å². The molecule has 0 spiro atoms. The first-order chi connectivity index (χ1) is 12.9. The van der Waals surface area contributed by atoms with Gasteiger partial charge >= 0.3 is 0 Å². The van der Waals surface area contributed by atoms with E-state index in [4.69, 9.17) is 0 Å². The first-order valence-corrected chi connectivity index (χ1v) is 9.81. The molecule has 0 amide bonds. The summed E-state index contributed by atoms with van der Waals surface area (Å²) >= 11 is 0. The molecule has 1 aliphatic rings. The number of pyridine rings is 1. The molecule has 0 atom stereocenters. The number of benzene rings is 2. The van der Waals surface area contributed by atoms with E-state index in [2.05, 4.69) is 64.1 Å². The first-order valence-electron chi connectivity index (χ1n) is 9.81. The summed E-state index contributed by atoms with van der Waals surface area (Å²) < 4.78 is 2.57. The molecule has 1 aliphatic carbocycles. The Hall–Kier alpha value is -2.61. The third-order valence-corrected chi connectivity index (χ3v) is 5.93. The molecule has 5 rings (SSSR count). The second kappa shape index (κ2) is 6.60. The molecule has 0 unspecified atom stereocenters. The highest BCUT2D eigenvalue weighted by Gasteiger charge is 2.18. The summed E-state index contributed by atoms with van der Waals surface area (Å²) in [5, 5.41) is 3.83. The molecule has 2 heterocycles. The fourth-order valence-electron chi connectivity index (χ4n) is 4.60. The summed E-state index contributed by atoms with van der Waals surface area (Å²) in [5.41, 5.74) is 4.02. The van der Waals surface area contributed by atoms with Crippen LogP contribution in [0.2, 0.25) is 0 Å². The monoisotopic (exact) mass is 340 g/mol. The maximum absolute atomic E-state index is 4.30. The number of hydrogen-bond donors (Lipinski definition) is 0. The zero-order chi connectivity index (χ0) is 17.3. The van der Waals surface area contributed by atoms with Gasteiger partial charge in [-0.2, -0.15) is 0 Å². The Morgan fingerprint density at radius 3 is 2.65 bits per heavy atom. The SMILES string of the molecule is c1cc(-c2cc3ccccc3n2CC2CCCCC2)c2ccncc2c1. The van der Waals surface area contributed by atoms with Crippen molar-refractivity contribution < 1.29 is 0 Å². The van der Waals surface area contributed by atoms with Crippen molar-refractivity contribution in [3.63, 3.8) is 0 Å². The average Bonchev–Trinajstić information content (AvgIpc) is 3.07. The first kappa shape index (κ1) is 15.6. The van der Waals surface area contributed by atoms with Crippen LogP contribution in [0.15, 0.2) is 67.0 Å². The maximum Gasteiger partial charge on any atom is 0.0497 e. The van der Waals surface area contributed by atoms with Gasteiger partial charge in [-0.1, -0.05) is 55.7 Å². The number of para-hydroxylation sites is 1. The van der Waals surface area contributed by atoms with Gasteiger partial charge in [0.1, 0.15) is 0 Å². The fraction of sp³-hybridized carbons (Fsp3) is 0.292. The van der Waals surface area contributed by atoms with Crippen molar-refractivity contribution in [3.8, 4) is 11.3 Å². The van der Waals surface area contributed by atoms with E-state index in [1.165, 1.54) is 65.0 Å². The van der Waals surface area contributed by atoms with E-state index < -0.39 is 0 Å². The zero-order valence-corrected chi connectivity index (χ0v) is 15.1. The van der Waals surface area contributed by atoms with E-state index >= 15 is 0 Å². The van der Waals surface area contributed by atoms with Gasteiger partial charge in [0, 0.05) is 46.5 Å². The van der Waals surface area contributed by atoms with Gasteiger partial charge in [0.05, 0.1) is 0 Å². The van der Waals surface area contributed by atoms with E-state index in [0.29, 0.717) is 0 Å². The van der Waals surface area contributed by atoms with Crippen LogP contribution in [0.1, 0.15) is 32.1 Å². The van der Waals surface area contributed by atoms with Crippen LogP contribution in [0.4, 0.5) is 0 Å². The van der Waals surface area contributed by atoms with Crippen LogP contribution in [0.5, 0.6) is 0 Å². The number of nitrogens with zero attached hydrogens (tertiary/aromatic N) is 2. The molecular weight excluding hydrogens is 316 g/mol. The molecule has 1 saturated carbocycles. The Morgan fingerprint density at radius 2 is 1.73 bits per heavy atom. The van der Waals surface area contributed by atoms with Crippen LogP contribution < -0.4 is 0 Å². The molecule has 2 nitrogen and oxygen atoms in total. The highest BCUT2D eigenvalue weighted by Crippen LogP contribution is 2.35. The van der Waals surface area contributed by atoms with Gasteiger partial charge in [0.25, 0.3) is 0 Å². The van der Waals surface area contributed by atoms with E-state index in [-0.39, 0.29) is 0 Å². The molecule has 4 aromatic rings. The number of hydrogen-bond acceptors (Lipinski definition) is 1. The van der Waals surface area contributed by atoms with Crippen molar-refractivity contribution in [2.45, 2.75) is 38.6 Å². The van der Waals surface area contributed by atoms with Crippen LogP contribution in [0.25, 0.3) is 32.9 Å². The normalized spacial score (nSPS) is 15.7. The molecule has 2 heteroatoms. The Morgan fingerprint density at radius 1 is 0.885 bits per heavy atom. The number of aromatic nitrogens is 2. The third kappa shape index (κ3) is 2.70. The van der Waals surface area contributed by atoms with E-state index in [1.54, 1.807) is 0 Å². The van der Waals surface area contributed by atoms with Gasteiger partial charge < -0.3 is 4.57 Å².